The quantitative estimate of drug-likeness (QED) is 0.773. The maximum atomic E-state index is 12.0. The van der Waals surface area contributed by atoms with Gasteiger partial charge in [0.2, 0.25) is 0 Å². The molecule has 0 bridgehead atoms. The number of hydrogen-bond donors (Lipinski definition) is 0. The SMILES string of the molecule is O=S1Cc2cc3c(c(-c4ccccc4)c2C1)CCCC3. The van der Waals surface area contributed by atoms with Gasteiger partial charge in [0, 0.05) is 22.3 Å². The fraction of sp³-hybridized carbons (Fsp3) is 0.333. The van der Waals surface area contributed by atoms with Crippen molar-refractivity contribution in [2.24, 2.45) is 0 Å². The molecule has 1 aliphatic carbocycles. The highest BCUT2D eigenvalue weighted by molar-refractivity contribution is 7.83. The number of hydrogen-bond acceptors (Lipinski definition) is 1. The first-order valence-corrected chi connectivity index (χ1v) is 8.88. The lowest BCUT2D eigenvalue weighted by Gasteiger charge is -2.22. The van der Waals surface area contributed by atoms with E-state index in [1.54, 1.807) is 0 Å². The molecule has 1 atom stereocenters. The van der Waals surface area contributed by atoms with E-state index in [2.05, 4.69) is 36.4 Å². The Hall–Kier alpha value is -1.41. The molecule has 1 heterocycles. The smallest absolute Gasteiger partial charge is 0.0498 e. The van der Waals surface area contributed by atoms with Crippen molar-refractivity contribution in [2.75, 3.05) is 0 Å². The van der Waals surface area contributed by atoms with Crippen LogP contribution >= 0.6 is 0 Å². The summed E-state index contributed by atoms with van der Waals surface area (Å²) in [7, 11) is -0.703. The molecule has 0 radical (unpaired) electrons. The molecule has 0 fully saturated rings. The Labute approximate surface area is 122 Å². The van der Waals surface area contributed by atoms with Gasteiger partial charge in [-0.1, -0.05) is 36.4 Å². The molecule has 2 aliphatic rings. The van der Waals surface area contributed by atoms with E-state index in [9.17, 15) is 4.21 Å². The molecule has 0 saturated heterocycles. The van der Waals surface area contributed by atoms with Crippen LogP contribution in [0.3, 0.4) is 0 Å². The van der Waals surface area contributed by atoms with Crippen LogP contribution in [-0.4, -0.2) is 4.21 Å². The van der Waals surface area contributed by atoms with Gasteiger partial charge in [-0.25, -0.2) is 0 Å². The Bertz CT molecular complexity index is 688. The second-order valence-corrected chi connectivity index (χ2v) is 7.29. The first-order chi connectivity index (χ1) is 9.83. The first-order valence-electron chi connectivity index (χ1n) is 7.40. The number of aryl methyl sites for hydroxylation is 1. The van der Waals surface area contributed by atoms with Gasteiger partial charge in [-0.05, 0) is 59.1 Å². The van der Waals surface area contributed by atoms with Crippen molar-refractivity contribution in [1.82, 2.24) is 0 Å². The van der Waals surface area contributed by atoms with Crippen LogP contribution in [0, 0.1) is 0 Å². The van der Waals surface area contributed by atoms with Crippen LogP contribution in [0.25, 0.3) is 11.1 Å². The van der Waals surface area contributed by atoms with Gasteiger partial charge in [0.05, 0.1) is 0 Å². The maximum Gasteiger partial charge on any atom is 0.0498 e. The molecule has 4 rings (SSSR count). The van der Waals surface area contributed by atoms with E-state index in [1.165, 1.54) is 59.1 Å². The maximum absolute atomic E-state index is 12.0. The molecule has 0 amide bonds. The van der Waals surface area contributed by atoms with Gasteiger partial charge in [-0.15, -0.1) is 0 Å². The van der Waals surface area contributed by atoms with E-state index in [1.807, 2.05) is 0 Å². The summed E-state index contributed by atoms with van der Waals surface area (Å²) in [5.41, 5.74) is 8.44. The van der Waals surface area contributed by atoms with Crippen LogP contribution in [-0.2, 0) is 35.1 Å². The molecule has 2 aromatic rings. The van der Waals surface area contributed by atoms with E-state index in [-0.39, 0.29) is 0 Å². The van der Waals surface area contributed by atoms with Crippen LogP contribution in [0.5, 0.6) is 0 Å². The molecular weight excluding hydrogens is 264 g/mol. The minimum absolute atomic E-state index is 0.703. The van der Waals surface area contributed by atoms with Crippen LogP contribution in [0.4, 0.5) is 0 Å². The summed E-state index contributed by atoms with van der Waals surface area (Å²) in [6, 6.07) is 13.0. The minimum atomic E-state index is -0.703. The van der Waals surface area contributed by atoms with Gasteiger partial charge in [0.15, 0.2) is 0 Å². The van der Waals surface area contributed by atoms with E-state index < -0.39 is 10.8 Å². The summed E-state index contributed by atoms with van der Waals surface area (Å²) in [5, 5.41) is 0. The molecule has 1 aliphatic heterocycles. The predicted octanol–water partition coefficient (Wildman–Crippen LogP) is 3.99. The third-order valence-corrected chi connectivity index (χ3v) is 5.78. The molecule has 1 nitrogen and oxygen atoms in total. The van der Waals surface area contributed by atoms with Crippen molar-refractivity contribution in [1.29, 1.82) is 0 Å². The monoisotopic (exact) mass is 282 g/mol. The third kappa shape index (κ3) is 1.94. The summed E-state index contributed by atoms with van der Waals surface area (Å²) >= 11 is 0. The minimum Gasteiger partial charge on any atom is -0.259 e. The second kappa shape index (κ2) is 4.85. The molecule has 2 heteroatoms. The zero-order valence-corrected chi connectivity index (χ0v) is 12.3. The highest BCUT2D eigenvalue weighted by Crippen LogP contribution is 2.40. The van der Waals surface area contributed by atoms with E-state index in [4.69, 9.17) is 0 Å². The molecule has 0 saturated carbocycles. The van der Waals surface area contributed by atoms with Crippen LogP contribution in [0.1, 0.15) is 35.1 Å². The van der Waals surface area contributed by atoms with Gasteiger partial charge in [-0.2, -0.15) is 0 Å². The Morgan fingerprint density at radius 3 is 2.50 bits per heavy atom. The molecule has 2 aromatic carbocycles. The first kappa shape index (κ1) is 12.3. The summed E-state index contributed by atoms with van der Waals surface area (Å²) in [5.74, 6) is 1.50. The molecule has 102 valence electrons. The zero-order valence-electron chi connectivity index (χ0n) is 11.5. The highest BCUT2D eigenvalue weighted by Gasteiger charge is 2.26. The Morgan fingerprint density at radius 2 is 1.65 bits per heavy atom. The fourth-order valence-corrected chi connectivity index (χ4v) is 5.00. The molecule has 0 aromatic heterocycles. The van der Waals surface area contributed by atoms with E-state index in [0.717, 1.165) is 11.5 Å². The van der Waals surface area contributed by atoms with Gasteiger partial charge in [0.1, 0.15) is 0 Å². The van der Waals surface area contributed by atoms with Crippen molar-refractivity contribution in [2.45, 2.75) is 37.2 Å². The van der Waals surface area contributed by atoms with Crippen LogP contribution in [0.15, 0.2) is 36.4 Å². The standard InChI is InChI=1S/C18H18OS/c19-20-11-15-10-14-8-4-5-9-16(14)18(17(15)12-20)13-6-2-1-3-7-13/h1-3,6-7,10H,4-5,8-9,11-12H2. The molecule has 0 spiro atoms. The van der Waals surface area contributed by atoms with Crippen molar-refractivity contribution in [3.63, 3.8) is 0 Å². The number of benzene rings is 2. The summed E-state index contributed by atoms with van der Waals surface area (Å²) in [4.78, 5) is 0. The third-order valence-electron chi connectivity index (χ3n) is 4.53. The van der Waals surface area contributed by atoms with Crippen LogP contribution in [0.2, 0.25) is 0 Å². The summed E-state index contributed by atoms with van der Waals surface area (Å²) < 4.78 is 12.0. The topological polar surface area (TPSA) is 17.1 Å². The van der Waals surface area contributed by atoms with Gasteiger partial charge >= 0.3 is 0 Å². The Kier molecular flexibility index (Phi) is 2.99. The second-order valence-electron chi connectivity index (χ2n) is 5.83. The lowest BCUT2D eigenvalue weighted by molar-refractivity contribution is 0.684. The average molecular weight is 282 g/mol. The normalized spacial score (nSPS) is 20.5. The largest absolute Gasteiger partial charge is 0.259 e. The van der Waals surface area contributed by atoms with Gasteiger partial charge < -0.3 is 0 Å². The highest BCUT2D eigenvalue weighted by atomic mass is 32.2. The van der Waals surface area contributed by atoms with Gasteiger partial charge in [-0.3, -0.25) is 4.21 Å². The lowest BCUT2D eigenvalue weighted by Crippen LogP contribution is -2.07. The van der Waals surface area contributed by atoms with Crippen LogP contribution < -0.4 is 0 Å². The van der Waals surface area contributed by atoms with E-state index in [0.29, 0.717) is 0 Å². The zero-order chi connectivity index (χ0) is 13.5. The molecule has 20 heavy (non-hydrogen) atoms. The summed E-state index contributed by atoms with van der Waals surface area (Å²) in [6.45, 7) is 0. The average Bonchev–Trinajstić information content (AvgIpc) is 2.85. The van der Waals surface area contributed by atoms with Crippen molar-refractivity contribution < 1.29 is 4.21 Å². The molecule has 0 N–H and O–H groups in total. The number of rotatable bonds is 1. The Balaban J connectivity index is 2.00. The van der Waals surface area contributed by atoms with Crippen molar-refractivity contribution in [3.8, 4) is 11.1 Å². The number of fused-ring (bicyclic) bond motifs is 2. The molecule has 1 unspecified atom stereocenters. The van der Waals surface area contributed by atoms with Gasteiger partial charge in [0.25, 0.3) is 0 Å². The molecular formula is C18H18OS. The van der Waals surface area contributed by atoms with Crippen molar-refractivity contribution >= 4 is 10.8 Å². The Morgan fingerprint density at radius 1 is 0.850 bits per heavy atom. The summed E-state index contributed by atoms with van der Waals surface area (Å²) in [6.07, 6.45) is 4.95. The fourth-order valence-electron chi connectivity index (χ4n) is 3.65. The van der Waals surface area contributed by atoms with E-state index >= 15 is 0 Å². The van der Waals surface area contributed by atoms with Crippen molar-refractivity contribution in [3.05, 3.63) is 58.7 Å². The lowest BCUT2D eigenvalue weighted by atomic mass is 9.82. The predicted molar refractivity (Wildman–Crippen MR) is 84.1 cm³/mol.